The first-order chi connectivity index (χ1) is 8.92. The second-order valence-corrected chi connectivity index (χ2v) is 4.94. The number of aromatic nitrogens is 1. The highest BCUT2D eigenvalue weighted by Gasteiger charge is 2.11. The summed E-state index contributed by atoms with van der Waals surface area (Å²) in [7, 11) is 0. The van der Waals surface area contributed by atoms with Gasteiger partial charge in [-0.15, -0.1) is 0 Å². The molecule has 0 bridgehead atoms. The van der Waals surface area contributed by atoms with Crippen molar-refractivity contribution in [3.63, 3.8) is 0 Å². The monoisotopic (exact) mass is 241 g/mol. The number of rotatable bonds is 3. The normalized spacial score (nSPS) is 19.9. The van der Waals surface area contributed by atoms with Crippen LogP contribution in [0.4, 0.5) is 5.69 Å². The van der Waals surface area contributed by atoms with Gasteiger partial charge in [0.05, 0.1) is 5.52 Å². The standard InChI is InChI=1S/C15H19N3/c1-2-8-16-14(5-1)11-18-13-6-7-15-12(10-13)4-3-9-17-15/h3-4,6-7,9-10,14,16,18H,1-2,5,8,11H2. The number of piperidine rings is 1. The molecule has 2 heterocycles. The highest BCUT2D eigenvalue weighted by atomic mass is 15.0. The molecule has 0 saturated carbocycles. The largest absolute Gasteiger partial charge is 0.383 e. The zero-order valence-corrected chi connectivity index (χ0v) is 10.5. The van der Waals surface area contributed by atoms with Crippen molar-refractivity contribution >= 4 is 16.6 Å². The van der Waals surface area contributed by atoms with E-state index in [1.54, 1.807) is 0 Å². The number of hydrogen-bond acceptors (Lipinski definition) is 3. The SMILES string of the molecule is c1cnc2ccc(NCC3CCCCN3)cc2c1. The molecular formula is C15H19N3. The first-order valence-electron chi connectivity index (χ1n) is 6.74. The average molecular weight is 241 g/mol. The summed E-state index contributed by atoms with van der Waals surface area (Å²) in [6, 6.07) is 11.1. The van der Waals surface area contributed by atoms with E-state index in [1.165, 1.54) is 30.3 Å². The molecule has 3 rings (SSSR count). The second-order valence-electron chi connectivity index (χ2n) is 4.94. The molecule has 3 nitrogen and oxygen atoms in total. The molecule has 1 aromatic heterocycles. The Hall–Kier alpha value is -1.61. The third-order valence-corrected chi connectivity index (χ3v) is 3.57. The van der Waals surface area contributed by atoms with Crippen LogP contribution in [-0.2, 0) is 0 Å². The fourth-order valence-electron chi connectivity index (χ4n) is 2.52. The minimum atomic E-state index is 0.614. The van der Waals surface area contributed by atoms with Crippen molar-refractivity contribution in [2.24, 2.45) is 0 Å². The molecule has 0 amide bonds. The summed E-state index contributed by atoms with van der Waals surface area (Å²) >= 11 is 0. The number of benzene rings is 1. The van der Waals surface area contributed by atoms with E-state index in [1.807, 2.05) is 12.3 Å². The molecule has 1 aliphatic rings. The van der Waals surface area contributed by atoms with Crippen LogP contribution in [0.15, 0.2) is 36.5 Å². The first-order valence-corrected chi connectivity index (χ1v) is 6.74. The summed E-state index contributed by atoms with van der Waals surface area (Å²) in [5, 5.41) is 8.26. The van der Waals surface area contributed by atoms with Crippen molar-refractivity contribution in [3.8, 4) is 0 Å². The molecule has 2 N–H and O–H groups in total. The van der Waals surface area contributed by atoms with Gasteiger partial charge in [-0.2, -0.15) is 0 Å². The Labute approximate surface area is 108 Å². The molecule has 1 aliphatic heterocycles. The molecule has 18 heavy (non-hydrogen) atoms. The maximum absolute atomic E-state index is 4.33. The van der Waals surface area contributed by atoms with Crippen molar-refractivity contribution in [2.45, 2.75) is 25.3 Å². The maximum atomic E-state index is 4.33. The number of nitrogens with one attached hydrogen (secondary N) is 2. The Morgan fingerprint density at radius 2 is 2.28 bits per heavy atom. The number of nitrogens with zero attached hydrogens (tertiary/aromatic N) is 1. The van der Waals surface area contributed by atoms with Crippen molar-refractivity contribution < 1.29 is 0 Å². The van der Waals surface area contributed by atoms with Gasteiger partial charge in [0.25, 0.3) is 0 Å². The van der Waals surface area contributed by atoms with Crippen molar-refractivity contribution in [2.75, 3.05) is 18.4 Å². The smallest absolute Gasteiger partial charge is 0.0703 e. The van der Waals surface area contributed by atoms with Gasteiger partial charge in [-0.3, -0.25) is 4.98 Å². The van der Waals surface area contributed by atoms with E-state index in [4.69, 9.17) is 0 Å². The van der Waals surface area contributed by atoms with E-state index in [0.29, 0.717) is 6.04 Å². The minimum absolute atomic E-state index is 0.614. The lowest BCUT2D eigenvalue weighted by molar-refractivity contribution is 0.414. The fraction of sp³-hybridized carbons (Fsp3) is 0.400. The third-order valence-electron chi connectivity index (χ3n) is 3.57. The molecule has 1 fully saturated rings. The lowest BCUT2D eigenvalue weighted by Gasteiger charge is -2.24. The quantitative estimate of drug-likeness (QED) is 0.867. The lowest BCUT2D eigenvalue weighted by atomic mass is 10.1. The van der Waals surface area contributed by atoms with E-state index in [0.717, 1.165) is 18.6 Å². The molecule has 1 atom stereocenters. The van der Waals surface area contributed by atoms with Crippen LogP contribution in [-0.4, -0.2) is 24.1 Å². The summed E-state index contributed by atoms with van der Waals surface area (Å²) in [5.74, 6) is 0. The second kappa shape index (κ2) is 5.36. The van der Waals surface area contributed by atoms with Crippen LogP contribution in [0.1, 0.15) is 19.3 Å². The van der Waals surface area contributed by atoms with Gasteiger partial charge in [-0.1, -0.05) is 12.5 Å². The van der Waals surface area contributed by atoms with Gasteiger partial charge >= 0.3 is 0 Å². The zero-order chi connectivity index (χ0) is 12.2. The van der Waals surface area contributed by atoms with Crippen LogP contribution in [0.5, 0.6) is 0 Å². The fourth-order valence-corrected chi connectivity index (χ4v) is 2.52. The van der Waals surface area contributed by atoms with Crippen LogP contribution in [0.25, 0.3) is 10.9 Å². The Balaban J connectivity index is 1.66. The van der Waals surface area contributed by atoms with Gasteiger partial charge in [-0.25, -0.2) is 0 Å². The Kier molecular flexibility index (Phi) is 3.42. The molecule has 1 unspecified atom stereocenters. The maximum Gasteiger partial charge on any atom is 0.0703 e. The molecule has 1 aromatic carbocycles. The summed E-state index contributed by atoms with van der Waals surface area (Å²) in [4.78, 5) is 4.33. The molecule has 2 aromatic rings. The van der Waals surface area contributed by atoms with E-state index < -0.39 is 0 Å². The summed E-state index contributed by atoms with van der Waals surface area (Å²) in [6.45, 7) is 2.17. The third kappa shape index (κ3) is 2.62. The van der Waals surface area contributed by atoms with E-state index >= 15 is 0 Å². The lowest BCUT2D eigenvalue weighted by Crippen LogP contribution is -2.39. The van der Waals surface area contributed by atoms with Crippen LogP contribution in [0.3, 0.4) is 0 Å². The van der Waals surface area contributed by atoms with Gasteiger partial charge in [0.2, 0.25) is 0 Å². The Bertz CT molecular complexity index is 518. The van der Waals surface area contributed by atoms with Crippen molar-refractivity contribution in [1.29, 1.82) is 0 Å². The minimum Gasteiger partial charge on any atom is -0.383 e. The predicted octanol–water partition coefficient (Wildman–Crippen LogP) is 2.79. The van der Waals surface area contributed by atoms with E-state index in [2.05, 4.69) is 39.9 Å². The van der Waals surface area contributed by atoms with Crippen LogP contribution in [0, 0.1) is 0 Å². The molecule has 0 spiro atoms. The summed E-state index contributed by atoms with van der Waals surface area (Å²) in [6.07, 6.45) is 5.78. The van der Waals surface area contributed by atoms with Crippen molar-refractivity contribution in [3.05, 3.63) is 36.5 Å². The van der Waals surface area contributed by atoms with Gasteiger partial charge in [-0.05, 0) is 43.7 Å². The highest BCUT2D eigenvalue weighted by Crippen LogP contribution is 2.17. The van der Waals surface area contributed by atoms with Crippen LogP contribution >= 0.6 is 0 Å². The van der Waals surface area contributed by atoms with Crippen LogP contribution < -0.4 is 10.6 Å². The molecule has 0 aliphatic carbocycles. The van der Waals surface area contributed by atoms with Gasteiger partial charge < -0.3 is 10.6 Å². The predicted molar refractivity (Wildman–Crippen MR) is 75.9 cm³/mol. The zero-order valence-electron chi connectivity index (χ0n) is 10.5. The van der Waals surface area contributed by atoms with Crippen molar-refractivity contribution in [1.82, 2.24) is 10.3 Å². The highest BCUT2D eigenvalue weighted by molar-refractivity contribution is 5.82. The number of fused-ring (bicyclic) bond motifs is 1. The molecular weight excluding hydrogens is 222 g/mol. The van der Waals surface area contributed by atoms with Crippen LogP contribution in [0.2, 0.25) is 0 Å². The average Bonchev–Trinajstić information content (AvgIpc) is 2.46. The van der Waals surface area contributed by atoms with Gasteiger partial charge in [0.15, 0.2) is 0 Å². The van der Waals surface area contributed by atoms with E-state index in [-0.39, 0.29) is 0 Å². The number of hydrogen-bond donors (Lipinski definition) is 2. The molecule has 1 saturated heterocycles. The molecule has 3 heteroatoms. The number of anilines is 1. The summed E-state index contributed by atoms with van der Waals surface area (Å²) in [5.41, 5.74) is 2.24. The Morgan fingerprint density at radius 3 is 3.17 bits per heavy atom. The van der Waals surface area contributed by atoms with Gasteiger partial charge in [0, 0.05) is 29.9 Å². The summed E-state index contributed by atoms with van der Waals surface area (Å²) < 4.78 is 0. The van der Waals surface area contributed by atoms with E-state index in [9.17, 15) is 0 Å². The number of pyridine rings is 1. The molecule has 94 valence electrons. The first kappa shape index (κ1) is 11.5. The molecule has 0 radical (unpaired) electrons. The Morgan fingerprint density at radius 1 is 1.28 bits per heavy atom. The van der Waals surface area contributed by atoms with Gasteiger partial charge in [0.1, 0.15) is 0 Å². The topological polar surface area (TPSA) is 37.0 Å².